The summed E-state index contributed by atoms with van der Waals surface area (Å²) in [5.74, 6) is 1.44. The highest BCUT2D eigenvalue weighted by molar-refractivity contribution is 4.99. The van der Waals surface area contributed by atoms with Crippen LogP contribution >= 0.6 is 0 Å². The van der Waals surface area contributed by atoms with E-state index in [1.165, 1.54) is 0 Å². The third-order valence-corrected chi connectivity index (χ3v) is 3.27. The van der Waals surface area contributed by atoms with Gasteiger partial charge in [0.25, 0.3) is 0 Å². The second-order valence-electron chi connectivity index (χ2n) is 4.71. The van der Waals surface area contributed by atoms with E-state index in [-0.39, 0.29) is 11.6 Å². The summed E-state index contributed by atoms with van der Waals surface area (Å²) in [4.78, 5) is 0. The third-order valence-electron chi connectivity index (χ3n) is 3.27. The molecule has 0 aromatic carbocycles. The molecule has 0 aromatic rings. The lowest BCUT2D eigenvalue weighted by molar-refractivity contribution is 0.167. The fourth-order valence-corrected chi connectivity index (χ4v) is 2.96. The largest absolute Gasteiger partial charge is 0.393 e. The minimum Gasteiger partial charge on any atom is -0.393 e. The summed E-state index contributed by atoms with van der Waals surface area (Å²) < 4.78 is 0. The Morgan fingerprint density at radius 1 is 1.27 bits per heavy atom. The summed E-state index contributed by atoms with van der Waals surface area (Å²) in [7, 11) is 0. The molecule has 2 aliphatic carbocycles. The molecule has 0 heterocycles. The molecular weight excluding hydrogens is 138 g/mol. The Kier molecular flexibility index (Phi) is 1.52. The minimum atomic E-state index is -0.0268. The molecule has 0 radical (unpaired) electrons. The van der Waals surface area contributed by atoms with Crippen molar-refractivity contribution in [3.8, 4) is 0 Å². The van der Waals surface area contributed by atoms with E-state index in [9.17, 15) is 5.11 Å². The fraction of sp³-hybridized carbons (Fsp3) is 1.00. The van der Waals surface area contributed by atoms with Gasteiger partial charge in [-0.15, -0.1) is 0 Å². The van der Waals surface area contributed by atoms with Gasteiger partial charge in [0.15, 0.2) is 0 Å². The van der Waals surface area contributed by atoms with Crippen LogP contribution < -0.4 is 5.73 Å². The highest BCUT2D eigenvalue weighted by atomic mass is 16.3. The zero-order valence-electron chi connectivity index (χ0n) is 7.09. The number of nitrogens with two attached hydrogens (primary N) is 1. The maximum absolute atomic E-state index is 9.36. The maximum atomic E-state index is 9.36. The van der Waals surface area contributed by atoms with E-state index in [0.29, 0.717) is 0 Å². The first kappa shape index (κ1) is 7.56. The van der Waals surface area contributed by atoms with Gasteiger partial charge in [0.1, 0.15) is 0 Å². The summed E-state index contributed by atoms with van der Waals surface area (Å²) in [6.07, 6.45) is 4.21. The van der Waals surface area contributed by atoms with Gasteiger partial charge in [0, 0.05) is 5.54 Å². The molecule has 0 aromatic heterocycles. The quantitative estimate of drug-likeness (QED) is 0.545. The van der Waals surface area contributed by atoms with Gasteiger partial charge in [-0.1, -0.05) is 0 Å². The zero-order chi connectivity index (χ0) is 8.06. The predicted octanol–water partition coefficient (Wildman–Crippen LogP) is 0.885. The number of aliphatic hydroxyl groups excluding tert-OH is 1. The molecule has 2 nitrogen and oxygen atoms in total. The summed E-state index contributed by atoms with van der Waals surface area (Å²) >= 11 is 0. The van der Waals surface area contributed by atoms with Crippen LogP contribution in [0.4, 0.5) is 0 Å². The van der Waals surface area contributed by atoms with Gasteiger partial charge in [-0.05, 0) is 44.4 Å². The SMILES string of the molecule is CC1(N)CC2CC(O)CC2C1. The lowest BCUT2D eigenvalue weighted by Crippen LogP contribution is -2.33. The van der Waals surface area contributed by atoms with Crippen molar-refractivity contribution in [3.05, 3.63) is 0 Å². The molecule has 0 bridgehead atoms. The Labute approximate surface area is 67.8 Å². The highest BCUT2D eigenvalue weighted by Crippen LogP contribution is 2.47. The molecule has 64 valence electrons. The molecular formula is C9H17NO. The molecule has 11 heavy (non-hydrogen) atoms. The lowest BCUT2D eigenvalue weighted by Gasteiger charge is -2.18. The van der Waals surface area contributed by atoms with Crippen LogP contribution in [0.3, 0.4) is 0 Å². The maximum Gasteiger partial charge on any atom is 0.0545 e. The Morgan fingerprint density at radius 3 is 2.18 bits per heavy atom. The number of hydrogen-bond donors (Lipinski definition) is 2. The third kappa shape index (κ3) is 1.30. The fourth-order valence-electron chi connectivity index (χ4n) is 2.96. The highest BCUT2D eigenvalue weighted by Gasteiger charge is 2.44. The van der Waals surface area contributed by atoms with Crippen LogP contribution in [-0.4, -0.2) is 16.7 Å². The van der Waals surface area contributed by atoms with Crippen molar-refractivity contribution >= 4 is 0 Å². The molecule has 2 atom stereocenters. The van der Waals surface area contributed by atoms with Crippen molar-refractivity contribution in [1.29, 1.82) is 0 Å². The van der Waals surface area contributed by atoms with E-state index >= 15 is 0 Å². The Morgan fingerprint density at radius 2 is 1.73 bits per heavy atom. The minimum absolute atomic E-state index is 0.0268. The smallest absolute Gasteiger partial charge is 0.0545 e. The second kappa shape index (κ2) is 2.20. The van der Waals surface area contributed by atoms with Gasteiger partial charge in [-0.25, -0.2) is 0 Å². The molecule has 2 fully saturated rings. The molecule has 0 saturated heterocycles. The van der Waals surface area contributed by atoms with E-state index in [2.05, 4.69) is 6.92 Å². The van der Waals surface area contributed by atoms with Crippen LogP contribution in [0, 0.1) is 11.8 Å². The van der Waals surface area contributed by atoms with Crippen LogP contribution in [0.2, 0.25) is 0 Å². The van der Waals surface area contributed by atoms with Crippen LogP contribution in [0.5, 0.6) is 0 Å². The van der Waals surface area contributed by atoms with E-state index in [1.54, 1.807) is 0 Å². The molecule has 2 unspecified atom stereocenters. The first-order chi connectivity index (χ1) is 5.07. The van der Waals surface area contributed by atoms with Crippen molar-refractivity contribution in [2.75, 3.05) is 0 Å². The van der Waals surface area contributed by atoms with E-state index in [1.807, 2.05) is 0 Å². The van der Waals surface area contributed by atoms with Crippen molar-refractivity contribution in [1.82, 2.24) is 0 Å². The Bertz CT molecular complexity index is 151. The standard InChI is InChI=1S/C9H17NO/c1-9(10)4-6-2-8(11)3-7(6)5-9/h6-8,11H,2-5,10H2,1H3. The van der Waals surface area contributed by atoms with E-state index in [4.69, 9.17) is 5.73 Å². The van der Waals surface area contributed by atoms with Crippen molar-refractivity contribution in [2.24, 2.45) is 17.6 Å². The summed E-state index contributed by atoms with van der Waals surface area (Å²) in [6, 6.07) is 0. The van der Waals surface area contributed by atoms with Crippen molar-refractivity contribution < 1.29 is 5.11 Å². The zero-order valence-corrected chi connectivity index (χ0v) is 7.09. The molecule has 2 rings (SSSR count). The predicted molar refractivity (Wildman–Crippen MR) is 44.0 cm³/mol. The van der Waals surface area contributed by atoms with Crippen molar-refractivity contribution in [3.63, 3.8) is 0 Å². The van der Waals surface area contributed by atoms with Gasteiger partial charge in [0.05, 0.1) is 6.10 Å². The Balaban J connectivity index is 2.04. The van der Waals surface area contributed by atoms with E-state index in [0.717, 1.165) is 37.5 Å². The molecule has 3 N–H and O–H groups in total. The first-order valence-electron chi connectivity index (χ1n) is 4.54. The van der Waals surface area contributed by atoms with Gasteiger partial charge in [0.2, 0.25) is 0 Å². The molecule has 0 amide bonds. The monoisotopic (exact) mass is 155 g/mol. The van der Waals surface area contributed by atoms with Gasteiger partial charge >= 0.3 is 0 Å². The number of hydrogen-bond acceptors (Lipinski definition) is 2. The van der Waals surface area contributed by atoms with Crippen molar-refractivity contribution in [2.45, 2.75) is 44.2 Å². The molecule has 2 aliphatic rings. The lowest BCUT2D eigenvalue weighted by atomic mass is 9.97. The van der Waals surface area contributed by atoms with Gasteiger partial charge < -0.3 is 10.8 Å². The summed E-state index contributed by atoms with van der Waals surface area (Å²) in [5, 5.41) is 9.36. The molecule has 2 heteroatoms. The van der Waals surface area contributed by atoms with Gasteiger partial charge in [-0.3, -0.25) is 0 Å². The first-order valence-corrected chi connectivity index (χ1v) is 4.54. The Hall–Kier alpha value is -0.0800. The van der Waals surface area contributed by atoms with Crippen LogP contribution in [0.1, 0.15) is 32.6 Å². The van der Waals surface area contributed by atoms with Crippen LogP contribution in [0.15, 0.2) is 0 Å². The summed E-state index contributed by atoms with van der Waals surface area (Å²) in [5.41, 5.74) is 6.10. The van der Waals surface area contributed by atoms with Crippen LogP contribution in [-0.2, 0) is 0 Å². The normalized spacial score (nSPS) is 56.5. The summed E-state index contributed by atoms with van der Waals surface area (Å²) in [6.45, 7) is 2.14. The number of rotatable bonds is 0. The van der Waals surface area contributed by atoms with Crippen LogP contribution in [0.25, 0.3) is 0 Å². The number of fused-ring (bicyclic) bond motifs is 1. The van der Waals surface area contributed by atoms with E-state index < -0.39 is 0 Å². The molecule has 0 aliphatic heterocycles. The molecule has 0 spiro atoms. The van der Waals surface area contributed by atoms with Gasteiger partial charge in [-0.2, -0.15) is 0 Å². The average Bonchev–Trinajstić information content (AvgIpc) is 2.17. The topological polar surface area (TPSA) is 46.2 Å². The average molecular weight is 155 g/mol. The number of aliphatic hydroxyl groups is 1. The molecule has 2 saturated carbocycles. The second-order valence-corrected chi connectivity index (χ2v) is 4.71.